The van der Waals surface area contributed by atoms with E-state index >= 15 is 0 Å². The molecule has 1 atom stereocenters. The monoisotopic (exact) mass is 276 g/mol. The number of nitrogens with zero attached hydrogens (tertiary/aromatic N) is 1. The number of nitrogens with one attached hydrogen (secondary N) is 1. The van der Waals surface area contributed by atoms with Crippen LogP contribution in [0.3, 0.4) is 0 Å². The summed E-state index contributed by atoms with van der Waals surface area (Å²) in [7, 11) is 3.61. The fourth-order valence-corrected chi connectivity index (χ4v) is 2.91. The molecule has 0 saturated carbocycles. The number of hydrogen-bond donors (Lipinski definition) is 1. The Morgan fingerprint density at radius 3 is 3.00 bits per heavy atom. The second-order valence-electron chi connectivity index (χ2n) is 5.25. The molecule has 0 spiro atoms. The maximum absolute atomic E-state index is 12.4. The number of ether oxygens (including phenoxy) is 1. The molecule has 0 radical (unpaired) electrons. The second-order valence-corrected chi connectivity index (χ2v) is 5.25. The quantitative estimate of drug-likeness (QED) is 0.862. The standard InChI is InChI=1S/C16H24N2O2/c1-17-12-14-7-5-11-18(14)16(19)10-9-13-6-3-4-8-15(13)20-2/h3-4,6,8,14,17H,5,7,9-12H2,1-2H3. The number of methoxy groups -OCH3 is 1. The molecule has 4 heteroatoms. The van der Waals surface area contributed by atoms with Crippen molar-refractivity contribution in [3.63, 3.8) is 0 Å². The Kier molecular flexibility index (Phi) is 5.41. The van der Waals surface area contributed by atoms with Crippen LogP contribution in [0.25, 0.3) is 0 Å². The fraction of sp³-hybridized carbons (Fsp3) is 0.562. The van der Waals surface area contributed by atoms with Crippen LogP contribution in [0.15, 0.2) is 24.3 Å². The Hall–Kier alpha value is -1.55. The second kappa shape index (κ2) is 7.29. The van der Waals surface area contributed by atoms with Gasteiger partial charge >= 0.3 is 0 Å². The first kappa shape index (κ1) is 14.9. The molecule has 1 amide bonds. The van der Waals surface area contributed by atoms with Gasteiger partial charge in [0.25, 0.3) is 0 Å². The van der Waals surface area contributed by atoms with E-state index in [0.29, 0.717) is 12.5 Å². The number of aryl methyl sites for hydroxylation is 1. The van der Waals surface area contributed by atoms with Gasteiger partial charge in [-0.25, -0.2) is 0 Å². The van der Waals surface area contributed by atoms with Gasteiger partial charge in [-0.05, 0) is 37.9 Å². The van der Waals surface area contributed by atoms with Crippen LogP contribution in [0.4, 0.5) is 0 Å². The lowest BCUT2D eigenvalue weighted by atomic mass is 10.1. The summed E-state index contributed by atoms with van der Waals surface area (Å²) in [5.41, 5.74) is 1.10. The third-order valence-electron chi connectivity index (χ3n) is 3.94. The van der Waals surface area contributed by atoms with Crippen molar-refractivity contribution in [3.8, 4) is 5.75 Å². The molecule has 1 unspecified atom stereocenters. The molecular weight excluding hydrogens is 252 g/mol. The van der Waals surface area contributed by atoms with E-state index in [0.717, 1.165) is 43.7 Å². The molecule has 4 nitrogen and oxygen atoms in total. The van der Waals surface area contributed by atoms with Gasteiger partial charge in [0.05, 0.1) is 7.11 Å². The third-order valence-corrected chi connectivity index (χ3v) is 3.94. The van der Waals surface area contributed by atoms with Gasteiger partial charge < -0.3 is 15.0 Å². The predicted molar refractivity (Wildman–Crippen MR) is 80.0 cm³/mol. The lowest BCUT2D eigenvalue weighted by Crippen LogP contribution is -2.40. The Morgan fingerprint density at radius 2 is 2.25 bits per heavy atom. The lowest BCUT2D eigenvalue weighted by Gasteiger charge is -2.24. The van der Waals surface area contributed by atoms with Crippen LogP contribution in [0.1, 0.15) is 24.8 Å². The molecular formula is C16H24N2O2. The van der Waals surface area contributed by atoms with E-state index in [2.05, 4.69) is 5.32 Å². The highest BCUT2D eigenvalue weighted by Crippen LogP contribution is 2.21. The number of amides is 1. The van der Waals surface area contributed by atoms with Gasteiger partial charge in [0, 0.05) is 25.6 Å². The maximum atomic E-state index is 12.4. The van der Waals surface area contributed by atoms with E-state index in [-0.39, 0.29) is 5.91 Å². The molecule has 0 bridgehead atoms. The fourth-order valence-electron chi connectivity index (χ4n) is 2.91. The molecule has 1 heterocycles. The maximum Gasteiger partial charge on any atom is 0.223 e. The largest absolute Gasteiger partial charge is 0.496 e. The van der Waals surface area contributed by atoms with Crippen molar-refractivity contribution in [2.75, 3.05) is 27.2 Å². The number of carbonyl (C=O) groups excluding carboxylic acids is 1. The van der Waals surface area contributed by atoms with E-state index in [1.807, 2.05) is 36.2 Å². The van der Waals surface area contributed by atoms with Crippen LogP contribution in [0.2, 0.25) is 0 Å². The van der Waals surface area contributed by atoms with Gasteiger partial charge in [0.1, 0.15) is 5.75 Å². The van der Waals surface area contributed by atoms with Gasteiger partial charge in [0.2, 0.25) is 5.91 Å². The minimum absolute atomic E-state index is 0.258. The van der Waals surface area contributed by atoms with Crippen molar-refractivity contribution < 1.29 is 9.53 Å². The molecule has 1 aliphatic heterocycles. The van der Waals surface area contributed by atoms with E-state index in [1.165, 1.54) is 0 Å². The molecule has 1 aromatic rings. The first-order valence-electron chi connectivity index (χ1n) is 7.32. The van der Waals surface area contributed by atoms with Gasteiger partial charge in [-0.15, -0.1) is 0 Å². The number of carbonyl (C=O) groups is 1. The minimum Gasteiger partial charge on any atom is -0.496 e. The molecule has 1 aromatic carbocycles. The van der Waals surface area contributed by atoms with E-state index in [1.54, 1.807) is 7.11 Å². The van der Waals surface area contributed by atoms with Crippen molar-refractivity contribution in [1.82, 2.24) is 10.2 Å². The number of likely N-dealkylation sites (N-methyl/N-ethyl adjacent to an activating group) is 1. The first-order chi connectivity index (χ1) is 9.76. The number of hydrogen-bond acceptors (Lipinski definition) is 3. The van der Waals surface area contributed by atoms with E-state index < -0.39 is 0 Å². The average Bonchev–Trinajstić information content (AvgIpc) is 2.94. The van der Waals surface area contributed by atoms with Crippen LogP contribution in [0, 0.1) is 0 Å². The van der Waals surface area contributed by atoms with Crippen LogP contribution in [-0.4, -0.2) is 44.1 Å². The zero-order valence-corrected chi connectivity index (χ0v) is 12.4. The van der Waals surface area contributed by atoms with Crippen LogP contribution < -0.4 is 10.1 Å². The summed E-state index contributed by atoms with van der Waals surface area (Å²) in [5.74, 6) is 1.13. The number of likely N-dealkylation sites (tertiary alicyclic amines) is 1. The molecule has 0 aliphatic carbocycles. The first-order valence-corrected chi connectivity index (χ1v) is 7.32. The highest BCUT2D eigenvalue weighted by Gasteiger charge is 2.27. The van der Waals surface area contributed by atoms with Gasteiger partial charge in [-0.3, -0.25) is 4.79 Å². The Balaban J connectivity index is 1.91. The van der Waals surface area contributed by atoms with E-state index in [4.69, 9.17) is 4.74 Å². The summed E-state index contributed by atoms with van der Waals surface area (Å²) in [6.07, 6.45) is 3.53. The van der Waals surface area contributed by atoms with Crippen LogP contribution in [-0.2, 0) is 11.2 Å². The van der Waals surface area contributed by atoms with Crippen molar-refractivity contribution in [2.24, 2.45) is 0 Å². The molecule has 110 valence electrons. The smallest absolute Gasteiger partial charge is 0.223 e. The molecule has 1 N–H and O–H groups in total. The number of para-hydroxylation sites is 1. The van der Waals surface area contributed by atoms with Crippen molar-refractivity contribution in [3.05, 3.63) is 29.8 Å². The van der Waals surface area contributed by atoms with Crippen molar-refractivity contribution >= 4 is 5.91 Å². The highest BCUT2D eigenvalue weighted by atomic mass is 16.5. The van der Waals surface area contributed by atoms with Crippen molar-refractivity contribution in [2.45, 2.75) is 31.7 Å². The lowest BCUT2D eigenvalue weighted by molar-refractivity contribution is -0.131. The number of benzene rings is 1. The summed E-state index contributed by atoms with van der Waals surface area (Å²) in [4.78, 5) is 14.4. The van der Waals surface area contributed by atoms with Crippen LogP contribution in [0.5, 0.6) is 5.75 Å². The molecule has 0 aromatic heterocycles. The van der Waals surface area contributed by atoms with Crippen LogP contribution >= 0.6 is 0 Å². The Labute approximate surface area is 121 Å². The van der Waals surface area contributed by atoms with Gasteiger partial charge in [-0.1, -0.05) is 18.2 Å². The molecule has 2 rings (SSSR count). The average molecular weight is 276 g/mol. The zero-order chi connectivity index (χ0) is 14.4. The van der Waals surface area contributed by atoms with E-state index in [9.17, 15) is 4.79 Å². The van der Waals surface area contributed by atoms with Crippen molar-refractivity contribution in [1.29, 1.82) is 0 Å². The molecule has 20 heavy (non-hydrogen) atoms. The Morgan fingerprint density at radius 1 is 1.45 bits per heavy atom. The van der Waals surface area contributed by atoms with Gasteiger partial charge in [-0.2, -0.15) is 0 Å². The molecule has 1 saturated heterocycles. The SMILES string of the molecule is CNCC1CCCN1C(=O)CCc1ccccc1OC. The highest BCUT2D eigenvalue weighted by molar-refractivity contribution is 5.77. The summed E-state index contributed by atoms with van der Waals surface area (Å²) >= 11 is 0. The van der Waals surface area contributed by atoms with Gasteiger partial charge in [0.15, 0.2) is 0 Å². The summed E-state index contributed by atoms with van der Waals surface area (Å²) in [5, 5.41) is 3.17. The number of rotatable bonds is 6. The molecule has 1 aliphatic rings. The summed E-state index contributed by atoms with van der Waals surface area (Å²) in [6, 6.07) is 8.28. The normalized spacial score (nSPS) is 18.3. The summed E-state index contributed by atoms with van der Waals surface area (Å²) < 4.78 is 5.33. The zero-order valence-electron chi connectivity index (χ0n) is 12.4. The predicted octanol–water partition coefficient (Wildman–Crippen LogP) is 1.84. The molecule has 1 fully saturated rings. The minimum atomic E-state index is 0.258. The third kappa shape index (κ3) is 3.51. The summed E-state index contributed by atoms with van der Waals surface area (Å²) in [6.45, 7) is 1.79. The Bertz CT molecular complexity index is 448. The topological polar surface area (TPSA) is 41.6 Å².